The first-order valence-corrected chi connectivity index (χ1v) is 4.17. The van der Waals surface area contributed by atoms with Gasteiger partial charge in [0.15, 0.2) is 0 Å². The van der Waals surface area contributed by atoms with Gasteiger partial charge in [-0.1, -0.05) is 34.8 Å². The molecule has 0 bridgehead atoms. The van der Waals surface area contributed by atoms with Crippen LogP contribution in [0.3, 0.4) is 0 Å². The number of carbonyl (C=O) groups is 1. The van der Waals surface area contributed by atoms with Crippen molar-refractivity contribution >= 4 is 40.7 Å². The molecule has 70 valence electrons. The monoisotopic (exact) mass is 239 g/mol. The molecule has 0 spiro atoms. The highest BCUT2D eigenvalue weighted by atomic mass is 35.6. The minimum Gasteiger partial charge on any atom is -0.312 e. The van der Waals surface area contributed by atoms with Gasteiger partial charge in [0.1, 0.15) is 13.1 Å². The third-order valence-corrected chi connectivity index (χ3v) is 1.54. The van der Waals surface area contributed by atoms with Crippen molar-refractivity contribution in [2.45, 2.75) is 3.79 Å². The van der Waals surface area contributed by atoms with Crippen LogP contribution in [0.5, 0.6) is 0 Å². The Morgan fingerprint density at radius 1 is 1.23 bits per heavy atom. The SMILES string of the molecule is N#CCN(CC#N)C(=O)C(Cl)(Cl)Cl. The zero-order valence-corrected chi connectivity index (χ0v) is 8.57. The van der Waals surface area contributed by atoms with Crippen molar-refractivity contribution < 1.29 is 4.79 Å². The number of alkyl halides is 3. The van der Waals surface area contributed by atoms with Crippen molar-refractivity contribution in [3.63, 3.8) is 0 Å². The van der Waals surface area contributed by atoms with Gasteiger partial charge in [-0.15, -0.1) is 0 Å². The number of hydrogen-bond acceptors (Lipinski definition) is 3. The molecule has 0 fully saturated rings. The normalized spacial score (nSPS) is 9.92. The summed E-state index contributed by atoms with van der Waals surface area (Å²) in [7, 11) is 0. The lowest BCUT2D eigenvalue weighted by Crippen LogP contribution is -2.39. The van der Waals surface area contributed by atoms with Gasteiger partial charge in [-0.3, -0.25) is 4.79 Å². The number of nitriles is 2. The van der Waals surface area contributed by atoms with Crippen LogP contribution in [0.2, 0.25) is 0 Å². The van der Waals surface area contributed by atoms with E-state index < -0.39 is 9.70 Å². The van der Waals surface area contributed by atoms with Crippen LogP contribution in [0.15, 0.2) is 0 Å². The molecule has 0 rings (SSSR count). The van der Waals surface area contributed by atoms with Crippen LogP contribution >= 0.6 is 34.8 Å². The summed E-state index contributed by atoms with van der Waals surface area (Å²) < 4.78 is -2.12. The molecule has 0 saturated carbocycles. The number of rotatable bonds is 2. The average Bonchev–Trinajstić information content (AvgIpc) is 2.01. The second-order valence-electron chi connectivity index (χ2n) is 1.98. The molecule has 4 nitrogen and oxygen atoms in total. The van der Waals surface area contributed by atoms with Gasteiger partial charge in [-0.2, -0.15) is 10.5 Å². The fourth-order valence-electron chi connectivity index (χ4n) is 0.550. The Bertz CT molecular complexity index is 256. The Morgan fingerprint density at radius 2 is 1.62 bits per heavy atom. The van der Waals surface area contributed by atoms with Gasteiger partial charge in [0, 0.05) is 0 Å². The summed E-state index contributed by atoms with van der Waals surface area (Å²) in [4.78, 5) is 12.0. The van der Waals surface area contributed by atoms with Crippen molar-refractivity contribution in [3.8, 4) is 12.1 Å². The standard InChI is InChI=1S/C6H4Cl3N3O/c7-6(8,9)5(13)12(3-1-10)4-2-11/h3-4H2. The lowest BCUT2D eigenvalue weighted by molar-refractivity contribution is -0.129. The summed E-state index contributed by atoms with van der Waals surface area (Å²) in [6, 6.07) is 3.37. The molecule has 0 aromatic rings. The Hall–Kier alpha value is -0.680. The largest absolute Gasteiger partial charge is 0.312 e. The van der Waals surface area contributed by atoms with E-state index >= 15 is 0 Å². The van der Waals surface area contributed by atoms with E-state index in [0.29, 0.717) is 0 Å². The van der Waals surface area contributed by atoms with Gasteiger partial charge < -0.3 is 4.90 Å². The highest BCUT2D eigenvalue weighted by molar-refractivity contribution is 6.76. The van der Waals surface area contributed by atoms with E-state index in [0.717, 1.165) is 4.90 Å². The van der Waals surface area contributed by atoms with Crippen molar-refractivity contribution in [2.75, 3.05) is 13.1 Å². The number of hydrogen-bond donors (Lipinski definition) is 0. The molecule has 0 aromatic heterocycles. The van der Waals surface area contributed by atoms with Crippen LogP contribution in [-0.4, -0.2) is 27.7 Å². The first-order chi connectivity index (χ1) is 5.93. The topological polar surface area (TPSA) is 67.9 Å². The molecule has 0 heterocycles. The van der Waals surface area contributed by atoms with Crippen LogP contribution < -0.4 is 0 Å². The van der Waals surface area contributed by atoms with E-state index in [9.17, 15) is 4.79 Å². The van der Waals surface area contributed by atoms with Crippen LogP contribution in [0.4, 0.5) is 0 Å². The number of halogens is 3. The van der Waals surface area contributed by atoms with Gasteiger partial charge in [0.25, 0.3) is 9.70 Å². The van der Waals surface area contributed by atoms with Crippen LogP contribution in [0.1, 0.15) is 0 Å². The molecule has 0 atom stereocenters. The maximum absolute atomic E-state index is 11.2. The third kappa shape index (κ3) is 4.19. The molecule has 0 N–H and O–H groups in total. The smallest absolute Gasteiger partial charge is 0.276 e. The average molecular weight is 240 g/mol. The minimum atomic E-state index is -2.12. The van der Waals surface area contributed by atoms with E-state index in [-0.39, 0.29) is 13.1 Å². The number of amides is 1. The third-order valence-electron chi connectivity index (χ3n) is 1.05. The molecular weight excluding hydrogens is 236 g/mol. The van der Waals surface area contributed by atoms with Gasteiger partial charge >= 0.3 is 0 Å². The molecule has 0 saturated heterocycles. The first kappa shape index (κ1) is 12.3. The molecule has 0 aromatic carbocycles. The molecule has 0 radical (unpaired) electrons. The lowest BCUT2D eigenvalue weighted by Gasteiger charge is -2.19. The maximum atomic E-state index is 11.2. The molecule has 0 aliphatic carbocycles. The quantitative estimate of drug-likeness (QED) is 0.538. The Morgan fingerprint density at radius 3 is 1.85 bits per heavy atom. The summed E-state index contributed by atoms with van der Waals surface area (Å²) in [6.07, 6.45) is 0. The second kappa shape index (κ2) is 5.14. The fourth-order valence-corrected chi connectivity index (χ4v) is 0.908. The van der Waals surface area contributed by atoms with Crippen molar-refractivity contribution in [2.24, 2.45) is 0 Å². The molecule has 0 unspecified atom stereocenters. The summed E-state index contributed by atoms with van der Waals surface area (Å²) in [6.45, 7) is -0.555. The van der Waals surface area contributed by atoms with Crippen molar-refractivity contribution in [1.82, 2.24) is 4.90 Å². The molecule has 0 aliphatic heterocycles. The zero-order chi connectivity index (χ0) is 10.5. The maximum Gasteiger partial charge on any atom is 0.276 e. The van der Waals surface area contributed by atoms with Gasteiger partial charge in [-0.05, 0) is 0 Å². The molecule has 0 aliphatic rings. The summed E-state index contributed by atoms with van der Waals surface area (Å²) in [5.74, 6) is -0.874. The van der Waals surface area contributed by atoms with E-state index in [4.69, 9.17) is 45.3 Å². The van der Waals surface area contributed by atoms with Crippen LogP contribution in [-0.2, 0) is 4.79 Å². The minimum absolute atomic E-state index is 0.277. The Kier molecular flexibility index (Phi) is 4.87. The lowest BCUT2D eigenvalue weighted by atomic mass is 10.5. The van der Waals surface area contributed by atoms with E-state index in [1.807, 2.05) is 0 Å². The zero-order valence-electron chi connectivity index (χ0n) is 6.30. The van der Waals surface area contributed by atoms with E-state index in [2.05, 4.69) is 0 Å². The highest BCUT2D eigenvalue weighted by Gasteiger charge is 2.34. The molecule has 13 heavy (non-hydrogen) atoms. The predicted molar refractivity (Wildman–Crippen MR) is 48.1 cm³/mol. The first-order valence-electron chi connectivity index (χ1n) is 3.03. The second-order valence-corrected chi connectivity index (χ2v) is 4.26. The van der Waals surface area contributed by atoms with Gasteiger partial charge in [0.2, 0.25) is 0 Å². The van der Waals surface area contributed by atoms with Gasteiger partial charge in [-0.25, -0.2) is 0 Å². The fraction of sp³-hybridized carbons (Fsp3) is 0.500. The Balaban J connectivity index is 4.50. The molecular formula is C6H4Cl3N3O. The van der Waals surface area contributed by atoms with Crippen LogP contribution in [0, 0.1) is 22.7 Å². The highest BCUT2D eigenvalue weighted by Crippen LogP contribution is 2.28. The predicted octanol–water partition coefficient (Wildman–Crippen LogP) is 1.23. The van der Waals surface area contributed by atoms with E-state index in [1.54, 1.807) is 12.1 Å². The summed E-state index contributed by atoms with van der Waals surface area (Å²) >= 11 is 15.8. The number of nitrogens with zero attached hydrogens (tertiary/aromatic N) is 3. The van der Waals surface area contributed by atoms with E-state index in [1.165, 1.54) is 0 Å². The Labute approximate surface area is 90.2 Å². The van der Waals surface area contributed by atoms with Gasteiger partial charge in [0.05, 0.1) is 12.1 Å². The summed E-state index contributed by atoms with van der Waals surface area (Å²) in [5.41, 5.74) is 0. The molecule has 7 heteroatoms. The summed E-state index contributed by atoms with van der Waals surface area (Å²) in [5, 5.41) is 16.6. The van der Waals surface area contributed by atoms with Crippen LogP contribution in [0.25, 0.3) is 0 Å². The van der Waals surface area contributed by atoms with Crippen molar-refractivity contribution in [1.29, 1.82) is 10.5 Å². The van der Waals surface area contributed by atoms with Crippen molar-refractivity contribution in [3.05, 3.63) is 0 Å². The molecule has 1 amide bonds. The number of carbonyl (C=O) groups excluding carboxylic acids is 1.